The fourth-order valence-corrected chi connectivity index (χ4v) is 0.881. The van der Waals surface area contributed by atoms with Crippen LogP contribution < -0.4 is 5.48 Å². The summed E-state index contributed by atoms with van der Waals surface area (Å²) in [6.07, 6.45) is 1.09. The van der Waals surface area contributed by atoms with Gasteiger partial charge in [-0.2, -0.15) is 4.68 Å². The molecule has 1 aromatic rings. The minimum Gasteiger partial charge on any atom is -0.390 e. The lowest BCUT2D eigenvalue weighted by Gasteiger charge is -2.03. The molecule has 0 bridgehead atoms. The molecule has 1 N–H and O–H groups in total. The largest absolute Gasteiger partial charge is 0.490 e. The first-order valence-corrected chi connectivity index (χ1v) is 4.57. The number of methoxy groups -OCH3 is 1. The highest BCUT2D eigenvalue weighted by atomic mass is 16.7. The average molecular weight is 245 g/mol. The molecule has 94 valence electrons. The number of ether oxygens (including phenoxy) is 1. The van der Waals surface area contributed by atoms with Crippen molar-refractivity contribution in [2.24, 2.45) is 0 Å². The summed E-state index contributed by atoms with van der Waals surface area (Å²) in [4.78, 5) is 28.9. The number of nitro groups is 1. The predicted molar refractivity (Wildman–Crippen MR) is 52.6 cm³/mol. The van der Waals surface area contributed by atoms with Crippen molar-refractivity contribution in [2.45, 2.75) is 6.54 Å². The van der Waals surface area contributed by atoms with Gasteiger partial charge >= 0.3 is 5.95 Å². The third-order valence-corrected chi connectivity index (χ3v) is 1.57. The van der Waals surface area contributed by atoms with Gasteiger partial charge in [-0.15, -0.1) is 0 Å². The van der Waals surface area contributed by atoms with E-state index in [9.17, 15) is 14.9 Å². The van der Waals surface area contributed by atoms with Crippen molar-refractivity contribution in [3.63, 3.8) is 0 Å². The van der Waals surface area contributed by atoms with E-state index in [-0.39, 0.29) is 13.2 Å². The summed E-state index contributed by atoms with van der Waals surface area (Å²) in [5.74, 6) is -1.06. The standard InChI is InChI=1S/C7H11N5O5/c1-16-2-3-17-10-6(13)4-11-5-8-7(9-11)12(14)15/h5H,2-4H2,1H3,(H,10,13). The molecule has 0 radical (unpaired) electrons. The minimum atomic E-state index is -0.747. The third kappa shape index (κ3) is 4.53. The predicted octanol–water partition coefficient (Wildman–Crippen LogP) is -1.12. The average Bonchev–Trinajstić information content (AvgIpc) is 2.73. The molecule has 1 rings (SSSR count). The van der Waals surface area contributed by atoms with Gasteiger partial charge in [-0.3, -0.25) is 9.63 Å². The molecule has 0 unspecified atom stereocenters. The second-order valence-corrected chi connectivity index (χ2v) is 2.87. The Labute approximate surface area is 95.6 Å². The van der Waals surface area contributed by atoms with Crippen molar-refractivity contribution in [3.8, 4) is 0 Å². The van der Waals surface area contributed by atoms with E-state index in [1.807, 2.05) is 0 Å². The lowest BCUT2D eigenvalue weighted by Crippen LogP contribution is -2.29. The quantitative estimate of drug-likeness (QED) is 0.366. The molecule has 0 fully saturated rings. The van der Waals surface area contributed by atoms with Gasteiger partial charge in [-0.1, -0.05) is 4.98 Å². The van der Waals surface area contributed by atoms with Gasteiger partial charge in [0.2, 0.25) is 6.33 Å². The second kappa shape index (κ2) is 6.50. The number of nitrogens with one attached hydrogen (secondary N) is 1. The Morgan fingerprint density at radius 3 is 3.00 bits per heavy atom. The summed E-state index contributed by atoms with van der Waals surface area (Å²) >= 11 is 0. The van der Waals surface area contributed by atoms with Crippen molar-refractivity contribution in [3.05, 3.63) is 16.4 Å². The molecule has 1 heterocycles. The zero-order valence-electron chi connectivity index (χ0n) is 9.03. The van der Waals surface area contributed by atoms with Crippen LogP contribution in [0.4, 0.5) is 5.95 Å². The number of carbonyl (C=O) groups excluding carboxylic acids is 1. The molecule has 1 amide bonds. The van der Waals surface area contributed by atoms with Gasteiger partial charge in [0.1, 0.15) is 6.54 Å². The topological polar surface area (TPSA) is 121 Å². The Balaban J connectivity index is 2.32. The summed E-state index contributed by atoms with van der Waals surface area (Å²) in [5.41, 5.74) is 2.13. The molecule has 0 saturated heterocycles. The summed E-state index contributed by atoms with van der Waals surface area (Å²) in [7, 11) is 1.50. The second-order valence-electron chi connectivity index (χ2n) is 2.87. The highest BCUT2D eigenvalue weighted by Crippen LogP contribution is 1.98. The van der Waals surface area contributed by atoms with Crippen LogP contribution >= 0.6 is 0 Å². The number of amides is 1. The van der Waals surface area contributed by atoms with E-state index in [0.717, 1.165) is 11.0 Å². The SMILES string of the molecule is COCCONC(=O)Cn1cnc([N+](=O)[O-])n1. The van der Waals surface area contributed by atoms with Crippen molar-refractivity contribution >= 4 is 11.9 Å². The highest BCUT2D eigenvalue weighted by Gasteiger charge is 2.14. The van der Waals surface area contributed by atoms with Gasteiger partial charge in [0, 0.05) is 12.2 Å². The van der Waals surface area contributed by atoms with Crippen molar-refractivity contribution < 1.29 is 19.3 Å². The van der Waals surface area contributed by atoms with Crippen LogP contribution in [0.15, 0.2) is 6.33 Å². The van der Waals surface area contributed by atoms with Crippen LogP contribution in [0.5, 0.6) is 0 Å². The number of nitrogens with zero attached hydrogens (tertiary/aromatic N) is 4. The third-order valence-electron chi connectivity index (χ3n) is 1.57. The van der Waals surface area contributed by atoms with Crippen LogP contribution in [0.3, 0.4) is 0 Å². The Morgan fingerprint density at radius 1 is 1.65 bits per heavy atom. The molecule has 1 aromatic heterocycles. The van der Waals surface area contributed by atoms with Crippen LogP contribution in [-0.2, 0) is 20.9 Å². The lowest BCUT2D eigenvalue weighted by atomic mass is 10.6. The summed E-state index contributed by atoms with van der Waals surface area (Å²) in [6.45, 7) is 0.336. The van der Waals surface area contributed by atoms with E-state index >= 15 is 0 Å². The van der Waals surface area contributed by atoms with Crippen LogP contribution in [0.25, 0.3) is 0 Å². The normalized spacial score (nSPS) is 10.2. The highest BCUT2D eigenvalue weighted by molar-refractivity contribution is 5.74. The van der Waals surface area contributed by atoms with E-state index in [1.165, 1.54) is 7.11 Å². The number of hydrogen-bond donors (Lipinski definition) is 1. The maximum atomic E-state index is 11.2. The number of aromatic nitrogens is 3. The molecule has 0 saturated carbocycles. The molecule has 0 aliphatic rings. The van der Waals surface area contributed by atoms with Crippen LogP contribution in [0.1, 0.15) is 0 Å². The van der Waals surface area contributed by atoms with Gasteiger partial charge in [0.25, 0.3) is 5.91 Å². The molecule has 10 nitrogen and oxygen atoms in total. The fourth-order valence-electron chi connectivity index (χ4n) is 0.881. The number of carbonyl (C=O) groups is 1. The summed E-state index contributed by atoms with van der Waals surface area (Å²) in [6, 6.07) is 0. The van der Waals surface area contributed by atoms with Crippen LogP contribution in [-0.4, -0.2) is 45.9 Å². The van der Waals surface area contributed by atoms with Crippen LogP contribution in [0, 0.1) is 10.1 Å². The number of hydrogen-bond acceptors (Lipinski definition) is 7. The molecule has 10 heteroatoms. The summed E-state index contributed by atoms with van der Waals surface area (Å²) < 4.78 is 5.73. The first-order valence-electron chi connectivity index (χ1n) is 4.57. The van der Waals surface area contributed by atoms with E-state index in [4.69, 9.17) is 9.57 Å². The van der Waals surface area contributed by atoms with Crippen LogP contribution in [0.2, 0.25) is 0 Å². The minimum absolute atomic E-state index is 0.208. The molecular weight excluding hydrogens is 234 g/mol. The van der Waals surface area contributed by atoms with E-state index in [0.29, 0.717) is 6.61 Å². The van der Waals surface area contributed by atoms with Gasteiger partial charge in [-0.05, 0) is 4.92 Å². The Bertz CT molecular complexity index is 392. The Hall–Kier alpha value is -2.07. The fraction of sp³-hybridized carbons (Fsp3) is 0.571. The van der Waals surface area contributed by atoms with Gasteiger partial charge < -0.3 is 14.9 Å². The van der Waals surface area contributed by atoms with E-state index < -0.39 is 16.8 Å². The Morgan fingerprint density at radius 2 is 2.41 bits per heavy atom. The first kappa shape index (κ1) is 13.0. The molecule has 0 aromatic carbocycles. The zero-order valence-corrected chi connectivity index (χ0v) is 9.03. The van der Waals surface area contributed by atoms with Crippen molar-refractivity contribution in [1.29, 1.82) is 0 Å². The zero-order chi connectivity index (χ0) is 12.7. The smallest absolute Gasteiger partial charge is 0.390 e. The molecule has 0 aliphatic carbocycles. The molecular formula is C7H11N5O5. The van der Waals surface area contributed by atoms with Crippen molar-refractivity contribution in [2.75, 3.05) is 20.3 Å². The number of rotatable bonds is 7. The van der Waals surface area contributed by atoms with Gasteiger partial charge in [-0.25, -0.2) is 5.48 Å². The molecule has 0 spiro atoms. The van der Waals surface area contributed by atoms with Crippen molar-refractivity contribution in [1.82, 2.24) is 20.2 Å². The van der Waals surface area contributed by atoms with Gasteiger partial charge in [0.15, 0.2) is 0 Å². The van der Waals surface area contributed by atoms with E-state index in [1.54, 1.807) is 0 Å². The molecule has 0 aliphatic heterocycles. The maximum absolute atomic E-state index is 11.2. The van der Waals surface area contributed by atoms with E-state index in [2.05, 4.69) is 15.6 Å². The number of hydroxylamine groups is 1. The maximum Gasteiger partial charge on any atom is 0.490 e. The molecule has 0 atom stereocenters. The molecule has 17 heavy (non-hydrogen) atoms. The summed E-state index contributed by atoms with van der Waals surface area (Å²) in [5, 5.41) is 13.7. The Kier molecular flexibility index (Phi) is 4.97. The lowest BCUT2D eigenvalue weighted by molar-refractivity contribution is -0.394. The van der Waals surface area contributed by atoms with Gasteiger partial charge in [0.05, 0.1) is 13.2 Å². The first-order chi connectivity index (χ1) is 8.13. The monoisotopic (exact) mass is 245 g/mol.